The van der Waals surface area contributed by atoms with Crippen LogP contribution in [-0.2, 0) is 11.3 Å². The lowest BCUT2D eigenvalue weighted by atomic mass is 10.0. The fraction of sp³-hybridized carbons (Fsp3) is 0.179. The molecule has 0 aliphatic carbocycles. The average molecular weight is 485 g/mol. The third-order valence-corrected chi connectivity index (χ3v) is 6.47. The quantitative estimate of drug-likeness (QED) is 0.410. The predicted octanol–water partition coefficient (Wildman–Crippen LogP) is 4.42. The van der Waals surface area contributed by atoms with Crippen LogP contribution in [0.15, 0.2) is 79.4 Å². The van der Waals surface area contributed by atoms with Gasteiger partial charge >= 0.3 is 5.97 Å². The van der Waals surface area contributed by atoms with Gasteiger partial charge in [-0.25, -0.2) is 13.9 Å². The number of aromatic nitrogens is 2. The summed E-state index contributed by atoms with van der Waals surface area (Å²) in [6.45, 7) is 6.47. The molecule has 1 aliphatic rings. The van der Waals surface area contributed by atoms with E-state index in [1.807, 2.05) is 28.9 Å². The van der Waals surface area contributed by atoms with Crippen molar-refractivity contribution in [2.45, 2.75) is 6.54 Å². The molecule has 1 fully saturated rings. The normalized spacial score (nSPS) is 13.7. The van der Waals surface area contributed by atoms with Gasteiger partial charge in [0.15, 0.2) is 0 Å². The number of hydrogen-bond acceptors (Lipinski definition) is 4. The van der Waals surface area contributed by atoms with Crippen molar-refractivity contribution in [3.05, 3.63) is 96.3 Å². The summed E-state index contributed by atoms with van der Waals surface area (Å²) in [6, 6.07) is 19.1. The molecule has 2 heterocycles. The Morgan fingerprint density at radius 3 is 2.36 bits per heavy atom. The molecule has 0 radical (unpaired) electrons. The fourth-order valence-electron chi connectivity index (χ4n) is 4.60. The van der Waals surface area contributed by atoms with Crippen molar-refractivity contribution in [2.75, 3.05) is 31.1 Å². The highest BCUT2D eigenvalue weighted by molar-refractivity contribution is 5.94. The number of aromatic carboxylic acids is 1. The SMILES string of the molecule is C=CC(=O)N1CCN(c2c3ccc(-c4cccc(F)c4)cc3nn2Cc2ccc(C(=O)O)cc2)CC1. The molecule has 0 saturated carbocycles. The Labute approximate surface area is 207 Å². The molecule has 1 saturated heterocycles. The Bertz CT molecular complexity index is 1450. The zero-order valence-electron chi connectivity index (χ0n) is 19.6. The van der Waals surface area contributed by atoms with E-state index in [0.717, 1.165) is 33.4 Å². The van der Waals surface area contributed by atoms with Crippen molar-refractivity contribution < 1.29 is 19.1 Å². The van der Waals surface area contributed by atoms with E-state index in [0.29, 0.717) is 32.7 Å². The van der Waals surface area contributed by atoms with Gasteiger partial charge in [0.1, 0.15) is 11.6 Å². The second-order valence-corrected chi connectivity index (χ2v) is 8.74. The lowest BCUT2D eigenvalue weighted by Crippen LogP contribution is -2.49. The summed E-state index contributed by atoms with van der Waals surface area (Å²) in [5, 5.41) is 15.1. The van der Waals surface area contributed by atoms with Crippen molar-refractivity contribution in [3.8, 4) is 11.1 Å². The minimum atomic E-state index is -0.969. The molecule has 0 spiro atoms. The molecule has 4 aromatic rings. The molecule has 0 unspecified atom stereocenters. The average Bonchev–Trinajstić information content (AvgIpc) is 3.25. The van der Waals surface area contributed by atoms with Crippen LogP contribution >= 0.6 is 0 Å². The van der Waals surface area contributed by atoms with Gasteiger partial charge in [-0.1, -0.05) is 36.9 Å². The number of benzene rings is 3. The molecule has 1 aromatic heterocycles. The van der Waals surface area contributed by atoms with Crippen molar-refractivity contribution >= 4 is 28.6 Å². The van der Waals surface area contributed by atoms with E-state index in [-0.39, 0.29) is 17.3 Å². The topological polar surface area (TPSA) is 78.7 Å². The first kappa shape index (κ1) is 23.3. The standard InChI is InChI=1S/C28H25FN4O3/c1-2-26(34)31-12-14-32(15-13-31)27-24-11-10-22(21-4-3-5-23(29)16-21)17-25(24)30-33(27)18-19-6-8-20(9-7-19)28(35)36/h2-11,16-17H,1,12-15,18H2,(H,35,36). The van der Waals surface area contributed by atoms with Crippen LogP contribution in [0.2, 0.25) is 0 Å². The number of halogens is 1. The first-order valence-corrected chi connectivity index (χ1v) is 11.7. The van der Waals surface area contributed by atoms with Crippen LogP contribution < -0.4 is 4.90 Å². The van der Waals surface area contributed by atoms with Crippen LogP contribution in [-0.4, -0.2) is 57.8 Å². The number of carboxylic acid groups (broad SMARTS) is 1. The highest BCUT2D eigenvalue weighted by atomic mass is 19.1. The van der Waals surface area contributed by atoms with Crippen LogP contribution in [0.3, 0.4) is 0 Å². The second kappa shape index (κ2) is 9.65. The summed E-state index contributed by atoms with van der Waals surface area (Å²) >= 11 is 0. The molecule has 0 bridgehead atoms. The van der Waals surface area contributed by atoms with Crippen LogP contribution in [0.25, 0.3) is 22.0 Å². The number of piperazine rings is 1. The zero-order chi connectivity index (χ0) is 25.2. The minimum Gasteiger partial charge on any atom is -0.478 e. The Hall–Kier alpha value is -4.46. The van der Waals surface area contributed by atoms with Gasteiger partial charge in [0.25, 0.3) is 0 Å². The number of amides is 1. The van der Waals surface area contributed by atoms with Gasteiger partial charge in [-0.15, -0.1) is 0 Å². The number of anilines is 1. The Morgan fingerprint density at radius 1 is 0.972 bits per heavy atom. The van der Waals surface area contributed by atoms with E-state index < -0.39 is 5.97 Å². The Morgan fingerprint density at radius 2 is 1.69 bits per heavy atom. The lowest BCUT2D eigenvalue weighted by molar-refractivity contribution is -0.126. The van der Waals surface area contributed by atoms with E-state index in [1.54, 1.807) is 35.2 Å². The first-order chi connectivity index (χ1) is 17.4. The number of rotatable bonds is 6. The maximum atomic E-state index is 13.8. The van der Waals surface area contributed by atoms with Gasteiger partial charge in [-0.2, -0.15) is 5.10 Å². The van der Waals surface area contributed by atoms with Gasteiger partial charge in [-0.3, -0.25) is 4.79 Å². The number of nitrogens with zero attached hydrogens (tertiary/aromatic N) is 4. The van der Waals surface area contributed by atoms with Gasteiger partial charge in [-0.05, 0) is 59.2 Å². The Kier molecular flexibility index (Phi) is 6.25. The maximum Gasteiger partial charge on any atom is 0.335 e. The maximum absolute atomic E-state index is 13.8. The molecule has 1 aliphatic heterocycles. The summed E-state index contributed by atoms with van der Waals surface area (Å²) in [6.07, 6.45) is 1.34. The van der Waals surface area contributed by atoms with E-state index in [1.165, 1.54) is 18.2 Å². The predicted molar refractivity (Wildman–Crippen MR) is 137 cm³/mol. The van der Waals surface area contributed by atoms with Crippen LogP contribution in [0.1, 0.15) is 15.9 Å². The summed E-state index contributed by atoms with van der Waals surface area (Å²) in [5.74, 6) is -0.408. The molecule has 0 atom stereocenters. The fourth-order valence-corrected chi connectivity index (χ4v) is 4.60. The van der Waals surface area contributed by atoms with Crippen molar-refractivity contribution in [1.29, 1.82) is 0 Å². The molecule has 8 heteroatoms. The van der Waals surface area contributed by atoms with Crippen LogP contribution in [0.4, 0.5) is 10.2 Å². The molecule has 5 rings (SSSR count). The Balaban J connectivity index is 1.53. The molecular weight excluding hydrogens is 459 g/mol. The second-order valence-electron chi connectivity index (χ2n) is 8.74. The monoisotopic (exact) mass is 484 g/mol. The van der Waals surface area contributed by atoms with E-state index in [9.17, 15) is 19.1 Å². The number of fused-ring (bicyclic) bond motifs is 1. The van der Waals surface area contributed by atoms with Crippen molar-refractivity contribution in [1.82, 2.24) is 14.7 Å². The van der Waals surface area contributed by atoms with E-state index in [2.05, 4.69) is 11.5 Å². The molecule has 1 N–H and O–H groups in total. The smallest absolute Gasteiger partial charge is 0.335 e. The third-order valence-electron chi connectivity index (χ3n) is 6.47. The highest BCUT2D eigenvalue weighted by Crippen LogP contribution is 2.32. The molecule has 7 nitrogen and oxygen atoms in total. The zero-order valence-corrected chi connectivity index (χ0v) is 19.6. The van der Waals surface area contributed by atoms with E-state index in [4.69, 9.17) is 5.10 Å². The van der Waals surface area contributed by atoms with Crippen molar-refractivity contribution in [3.63, 3.8) is 0 Å². The minimum absolute atomic E-state index is 0.0775. The van der Waals surface area contributed by atoms with E-state index >= 15 is 0 Å². The van der Waals surface area contributed by atoms with Crippen LogP contribution in [0, 0.1) is 5.82 Å². The molecule has 36 heavy (non-hydrogen) atoms. The first-order valence-electron chi connectivity index (χ1n) is 11.7. The number of carboxylic acids is 1. The number of carbonyl (C=O) groups is 2. The van der Waals surface area contributed by atoms with Crippen LogP contribution in [0.5, 0.6) is 0 Å². The number of carbonyl (C=O) groups excluding carboxylic acids is 1. The molecule has 182 valence electrons. The third kappa shape index (κ3) is 4.57. The lowest BCUT2D eigenvalue weighted by Gasteiger charge is -2.35. The van der Waals surface area contributed by atoms with Gasteiger partial charge in [0.2, 0.25) is 5.91 Å². The molecule has 1 amide bonds. The summed E-state index contributed by atoms with van der Waals surface area (Å²) in [5.41, 5.74) is 3.56. The largest absolute Gasteiger partial charge is 0.478 e. The van der Waals surface area contributed by atoms with Crippen molar-refractivity contribution in [2.24, 2.45) is 0 Å². The number of hydrogen-bond donors (Lipinski definition) is 1. The summed E-state index contributed by atoms with van der Waals surface area (Å²) in [4.78, 5) is 27.3. The summed E-state index contributed by atoms with van der Waals surface area (Å²) < 4.78 is 15.7. The molecular formula is C28H25FN4O3. The van der Waals surface area contributed by atoms with Gasteiger partial charge < -0.3 is 14.9 Å². The highest BCUT2D eigenvalue weighted by Gasteiger charge is 2.24. The molecule has 3 aromatic carbocycles. The van der Waals surface area contributed by atoms with Gasteiger partial charge in [0.05, 0.1) is 17.6 Å². The van der Waals surface area contributed by atoms with Gasteiger partial charge in [0, 0.05) is 31.6 Å². The summed E-state index contributed by atoms with van der Waals surface area (Å²) in [7, 11) is 0.